The number of thiazole rings is 1. The lowest BCUT2D eigenvalue weighted by Gasteiger charge is -2.04. The van der Waals surface area contributed by atoms with Gasteiger partial charge in [0.05, 0.1) is 22.3 Å². The first-order valence-electron chi connectivity index (χ1n) is 7.23. The number of phenols is 1. The molecule has 2 N–H and O–H groups in total. The highest BCUT2D eigenvalue weighted by molar-refractivity contribution is 7.16. The van der Waals surface area contributed by atoms with Crippen LogP contribution in [-0.2, 0) is 6.54 Å². The fraction of sp³-hybridized carbons (Fsp3) is 0.0556. The van der Waals surface area contributed by atoms with E-state index >= 15 is 0 Å². The number of nitrogens with zero attached hydrogens (tertiary/aromatic N) is 1. The Morgan fingerprint density at radius 1 is 1.04 bits per heavy atom. The van der Waals surface area contributed by atoms with E-state index in [1.807, 2.05) is 41.9 Å². The average Bonchev–Trinajstić information content (AvgIpc) is 3.22. The zero-order chi connectivity index (χ0) is 15.6. The van der Waals surface area contributed by atoms with Gasteiger partial charge in [-0.1, -0.05) is 0 Å². The maximum atomic E-state index is 9.33. The van der Waals surface area contributed by atoms with Crippen LogP contribution in [0.25, 0.3) is 21.5 Å². The molecule has 0 spiro atoms. The Kier molecular flexibility index (Phi) is 3.48. The Morgan fingerprint density at radius 2 is 1.91 bits per heavy atom. The summed E-state index contributed by atoms with van der Waals surface area (Å²) in [5, 5.41) is 12.7. The third-order valence-corrected chi connectivity index (χ3v) is 4.40. The molecule has 0 fully saturated rings. The summed E-state index contributed by atoms with van der Waals surface area (Å²) < 4.78 is 7.02. The number of aromatic nitrogens is 1. The number of benzene rings is 2. The molecule has 2 aromatic carbocycles. The fourth-order valence-corrected chi connectivity index (χ4v) is 3.12. The van der Waals surface area contributed by atoms with Crippen molar-refractivity contribution in [1.82, 2.24) is 4.98 Å². The fourth-order valence-electron chi connectivity index (χ4n) is 2.41. The smallest absolute Gasteiger partial charge is 0.134 e. The van der Waals surface area contributed by atoms with Crippen LogP contribution in [0.3, 0.4) is 0 Å². The largest absolute Gasteiger partial charge is 0.508 e. The van der Waals surface area contributed by atoms with E-state index in [2.05, 4.69) is 16.4 Å². The van der Waals surface area contributed by atoms with Gasteiger partial charge in [0.15, 0.2) is 0 Å². The molecule has 2 heterocycles. The van der Waals surface area contributed by atoms with Crippen molar-refractivity contribution in [1.29, 1.82) is 0 Å². The highest BCUT2D eigenvalue weighted by Gasteiger charge is 2.05. The molecule has 0 bridgehead atoms. The van der Waals surface area contributed by atoms with Gasteiger partial charge in [0.25, 0.3) is 0 Å². The van der Waals surface area contributed by atoms with Crippen molar-refractivity contribution in [2.24, 2.45) is 0 Å². The van der Waals surface area contributed by atoms with Crippen molar-refractivity contribution in [3.05, 3.63) is 65.9 Å². The molecule has 0 unspecified atom stereocenters. The van der Waals surface area contributed by atoms with Crippen LogP contribution in [0.15, 0.2) is 64.5 Å². The third-order valence-electron chi connectivity index (χ3n) is 3.61. The monoisotopic (exact) mass is 322 g/mol. The van der Waals surface area contributed by atoms with Crippen LogP contribution in [0.1, 0.15) is 5.76 Å². The topological polar surface area (TPSA) is 58.3 Å². The van der Waals surface area contributed by atoms with E-state index in [1.165, 1.54) is 4.70 Å². The molecule has 114 valence electrons. The van der Waals surface area contributed by atoms with E-state index in [-0.39, 0.29) is 5.75 Å². The predicted molar refractivity (Wildman–Crippen MR) is 92.8 cm³/mol. The summed E-state index contributed by atoms with van der Waals surface area (Å²) in [7, 11) is 0. The Bertz CT molecular complexity index is 941. The lowest BCUT2D eigenvalue weighted by molar-refractivity contribution is 0.475. The summed E-state index contributed by atoms with van der Waals surface area (Å²) in [4.78, 5) is 4.28. The molecular weight excluding hydrogens is 308 g/mol. The van der Waals surface area contributed by atoms with Crippen molar-refractivity contribution in [2.45, 2.75) is 6.54 Å². The second kappa shape index (κ2) is 5.78. The Morgan fingerprint density at radius 3 is 2.78 bits per heavy atom. The first kappa shape index (κ1) is 13.8. The molecule has 0 aliphatic rings. The summed E-state index contributed by atoms with van der Waals surface area (Å²) >= 11 is 1.63. The van der Waals surface area contributed by atoms with Gasteiger partial charge in [0.1, 0.15) is 17.3 Å². The number of phenolic OH excluding ortho intramolecular Hbond substituents is 1. The Balaban J connectivity index is 1.48. The van der Waals surface area contributed by atoms with Crippen LogP contribution < -0.4 is 5.32 Å². The van der Waals surface area contributed by atoms with Crippen LogP contribution in [0.5, 0.6) is 5.75 Å². The highest BCUT2D eigenvalue weighted by atomic mass is 32.1. The van der Waals surface area contributed by atoms with Crippen molar-refractivity contribution >= 4 is 27.2 Å². The standard InChI is InChI=1S/C18H14N2O2S/c21-14-4-1-12(2-5-14)17-8-6-15(22-17)10-19-13-3-7-16-18(9-13)23-11-20-16/h1-9,11,19,21H,10H2. The van der Waals surface area contributed by atoms with Crippen molar-refractivity contribution in [3.63, 3.8) is 0 Å². The molecule has 0 saturated heterocycles. The summed E-state index contributed by atoms with van der Waals surface area (Å²) in [6.07, 6.45) is 0. The van der Waals surface area contributed by atoms with E-state index in [4.69, 9.17) is 4.42 Å². The van der Waals surface area contributed by atoms with Crippen LogP contribution >= 0.6 is 11.3 Å². The van der Waals surface area contributed by atoms with Crippen LogP contribution in [0, 0.1) is 0 Å². The number of anilines is 1. The SMILES string of the molecule is Oc1ccc(-c2ccc(CNc3ccc4ncsc4c3)o2)cc1. The molecule has 4 rings (SSSR count). The molecular formula is C18H14N2O2S. The quantitative estimate of drug-likeness (QED) is 0.562. The van der Waals surface area contributed by atoms with Crippen molar-refractivity contribution in [2.75, 3.05) is 5.32 Å². The van der Waals surface area contributed by atoms with Gasteiger partial charge in [-0.15, -0.1) is 11.3 Å². The van der Waals surface area contributed by atoms with Gasteiger partial charge in [-0.05, 0) is 54.6 Å². The molecule has 0 saturated carbocycles. The highest BCUT2D eigenvalue weighted by Crippen LogP contribution is 2.25. The van der Waals surface area contributed by atoms with Gasteiger partial charge in [-0.3, -0.25) is 0 Å². The van der Waals surface area contributed by atoms with Gasteiger partial charge in [0, 0.05) is 11.3 Å². The average molecular weight is 322 g/mol. The molecule has 4 nitrogen and oxygen atoms in total. The van der Waals surface area contributed by atoms with Crippen molar-refractivity contribution in [3.8, 4) is 17.1 Å². The van der Waals surface area contributed by atoms with Crippen molar-refractivity contribution < 1.29 is 9.52 Å². The second-order valence-corrected chi connectivity index (χ2v) is 6.09. The van der Waals surface area contributed by atoms with E-state index in [9.17, 15) is 5.11 Å². The van der Waals surface area contributed by atoms with Crippen LogP contribution in [0.4, 0.5) is 5.69 Å². The number of nitrogens with one attached hydrogen (secondary N) is 1. The molecule has 0 aliphatic heterocycles. The Labute approximate surface area is 137 Å². The van der Waals surface area contributed by atoms with Gasteiger partial charge in [-0.25, -0.2) is 4.98 Å². The van der Waals surface area contributed by atoms with Gasteiger partial charge >= 0.3 is 0 Å². The van der Waals surface area contributed by atoms with E-state index < -0.39 is 0 Å². The van der Waals surface area contributed by atoms with Gasteiger partial charge < -0.3 is 14.8 Å². The maximum Gasteiger partial charge on any atom is 0.134 e. The summed E-state index contributed by atoms with van der Waals surface area (Å²) in [5.74, 6) is 1.90. The molecule has 2 aromatic heterocycles. The van der Waals surface area contributed by atoms with Gasteiger partial charge in [0.2, 0.25) is 0 Å². The maximum absolute atomic E-state index is 9.33. The number of aromatic hydroxyl groups is 1. The number of furan rings is 1. The molecule has 4 aromatic rings. The molecule has 0 radical (unpaired) electrons. The van der Waals surface area contributed by atoms with E-state index in [0.29, 0.717) is 6.54 Å². The normalized spacial score (nSPS) is 11.0. The summed E-state index contributed by atoms with van der Waals surface area (Å²) in [6, 6.07) is 17.0. The van der Waals surface area contributed by atoms with Gasteiger partial charge in [-0.2, -0.15) is 0 Å². The Hall–Kier alpha value is -2.79. The van der Waals surface area contributed by atoms with Crippen LogP contribution in [-0.4, -0.2) is 10.1 Å². The zero-order valence-corrected chi connectivity index (χ0v) is 13.0. The lowest BCUT2D eigenvalue weighted by atomic mass is 10.2. The molecule has 0 amide bonds. The van der Waals surface area contributed by atoms with E-state index in [1.54, 1.807) is 23.5 Å². The predicted octanol–water partition coefficient (Wildman–Crippen LogP) is 4.87. The first-order chi connectivity index (χ1) is 11.3. The second-order valence-electron chi connectivity index (χ2n) is 5.20. The number of hydrogen-bond donors (Lipinski definition) is 2. The minimum atomic E-state index is 0.251. The minimum absolute atomic E-state index is 0.251. The number of rotatable bonds is 4. The van der Waals surface area contributed by atoms with E-state index in [0.717, 1.165) is 28.3 Å². The molecule has 0 atom stereocenters. The number of hydrogen-bond acceptors (Lipinski definition) is 5. The molecule has 23 heavy (non-hydrogen) atoms. The summed E-state index contributed by atoms with van der Waals surface area (Å²) in [5.41, 5.74) is 4.86. The van der Waals surface area contributed by atoms with Crippen LogP contribution in [0.2, 0.25) is 0 Å². The molecule has 0 aliphatic carbocycles. The first-order valence-corrected chi connectivity index (χ1v) is 8.11. The number of fused-ring (bicyclic) bond motifs is 1. The summed E-state index contributed by atoms with van der Waals surface area (Å²) in [6.45, 7) is 0.613. The zero-order valence-electron chi connectivity index (χ0n) is 12.2. The molecule has 5 heteroatoms. The minimum Gasteiger partial charge on any atom is -0.508 e. The third kappa shape index (κ3) is 2.91. The lowest BCUT2D eigenvalue weighted by Crippen LogP contribution is -1.97.